The number of nitrogens with one attached hydrogen (secondary N) is 2. The van der Waals surface area contributed by atoms with E-state index in [1.807, 2.05) is 0 Å². The lowest BCUT2D eigenvalue weighted by Crippen LogP contribution is -2.53. The van der Waals surface area contributed by atoms with Crippen LogP contribution in [0.3, 0.4) is 0 Å². The molecular weight excluding hydrogens is 272 g/mol. The molecule has 0 saturated heterocycles. The molecule has 1 heterocycles. The largest absolute Gasteiger partial charge is 0.394 e. The molecule has 4 nitrogen and oxygen atoms in total. The highest BCUT2D eigenvalue weighted by Gasteiger charge is 2.34. The molecule has 5 heteroatoms. The van der Waals surface area contributed by atoms with E-state index in [1.165, 1.54) is 4.88 Å². The molecule has 2 rings (SSSR count). The van der Waals surface area contributed by atoms with Crippen molar-refractivity contribution in [2.24, 2.45) is 5.92 Å². The van der Waals surface area contributed by atoms with E-state index in [2.05, 4.69) is 35.1 Å². The predicted molar refractivity (Wildman–Crippen MR) is 82.0 cm³/mol. The quantitative estimate of drug-likeness (QED) is 0.755. The number of amides is 2. The molecule has 1 fully saturated rings. The Bertz CT molecular complexity index is 414. The predicted octanol–water partition coefficient (Wildman–Crippen LogP) is 2.53. The topological polar surface area (TPSA) is 61.4 Å². The monoisotopic (exact) mass is 296 g/mol. The van der Waals surface area contributed by atoms with Crippen LogP contribution in [0.15, 0.2) is 17.5 Å². The second kappa shape index (κ2) is 7.09. The van der Waals surface area contributed by atoms with Crippen molar-refractivity contribution in [2.75, 3.05) is 13.2 Å². The van der Waals surface area contributed by atoms with Crippen molar-refractivity contribution >= 4 is 17.4 Å². The van der Waals surface area contributed by atoms with Crippen LogP contribution >= 0.6 is 11.3 Å². The van der Waals surface area contributed by atoms with Crippen molar-refractivity contribution in [3.63, 3.8) is 0 Å². The van der Waals surface area contributed by atoms with Gasteiger partial charge >= 0.3 is 6.03 Å². The molecule has 0 aromatic carbocycles. The minimum absolute atomic E-state index is 0.0329. The van der Waals surface area contributed by atoms with E-state index in [9.17, 15) is 9.90 Å². The van der Waals surface area contributed by atoms with Crippen LogP contribution in [0.4, 0.5) is 4.79 Å². The van der Waals surface area contributed by atoms with Gasteiger partial charge in [0.25, 0.3) is 0 Å². The zero-order chi connectivity index (χ0) is 14.4. The van der Waals surface area contributed by atoms with Gasteiger partial charge in [0.05, 0.1) is 12.1 Å². The number of carbonyl (C=O) groups is 1. The molecule has 1 aromatic heterocycles. The molecule has 20 heavy (non-hydrogen) atoms. The van der Waals surface area contributed by atoms with Crippen LogP contribution in [-0.2, 0) is 6.42 Å². The summed E-state index contributed by atoms with van der Waals surface area (Å²) in [5, 5.41) is 17.4. The van der Waals surface area contributed by atoms with E-state index in [-0.39, 0.29) is 18.2 Å². The number of carbonyl (C=O) groups excluding carboxylic acids is 1. The van der Waals surface area contributed by atoms with Gasteiger partial charge in [0.2, 0.25) is 0 Å². The van der Waals surface area contributed by atoms with Gasteiger partial charge in [0, 0.05) is 11.4 Å². The van der Waals surface area contributed by atoms with Gasteiger partial charge in [-0.15, -0.1) is 11.3 Å². The lowest BCUT2D eigenvalue weighted by molar-refractivity contribution is 0.162. The highest BCUT2D eigenvalue weighted by molar-refractivity contribution is 7.09. The first kappa shape index (κ1) is 15.3. The molecule has 0 aliphatic heterocycles. The number of thiophene rings is 1. The number of hydrogen-bond acceptors (Lipinski definition) is 3. The van der Waals surface area contributed by atoms with Crippen LogP contribution in [0.5, 0.6) is 0 Å². The number of hydrogen-bond donors (Lipinski definition) is 3. The summed E-state index contributed by atoms with van der Waals surface area (Å²) in [5.74, 6) is 0.410. The van der Waals surface area contributed by atoms with Crippen LogP contribution in [0.2, 0.25) is 0 Å². The SMILES string of the molecule is CC(CNC(=O)NC1(CO)CCCC1)Cc1cccs1. The van der Waals surface area contributed by atoms with Crippen LogP contribution in [0.25, 0.3) is 0 Å². The zero-order valence-electron chi connectivity index (χ0n) is 12.0. The maximum Gasteiger partial charge on any atom is 0.315 e. The molecule has 1 aliphatic rings. The van der Waals surface area contributed by atoms with Crippen molar-refractivity contribution in [2.45, 2.75) is 44.6 Å². The van der Waals surface area contributed by atoms with E-state index in [0.29, 0.717) is 12.5 Å². The van der Waals surface area contributed by atoms with E-state index >= 15 is 0 Å². The molecule has 3 N–H and O–H groups in total. The highest BCUT2D eigenvalue weighted by Crippen LogP contribution is 2.28. The summed E-state index contributed by atoms with van der Waals surface area (Å²) in [6.07, 6.45) is 4.90. The van der Waals surface area contributed by atoms with Crippen molar-refractivity contribution in [1.82, 2.24) is 10.6 Å². The highest BCUT2D eigenvalue weighted by atomic mass is 32.1. The van der Waals surface area contributed by atoms with Crippen LogP contribution in [0, 0.1) is 5.92 Å². The molecule has 2 amide bonds. The molecule has 1 aromatic rings. The summed E-state index contributed by atoms with van der Waals surface area (Å²) in [7, 11) is 0. The molecule has 1 saturated carbocycles. The minimum Gasteiger partial charge on any atom is -0.394 e. The van der Waals surface area contributed by atoms with Crippen molar-refractivity contribution in [3.05, 3.63) is 22.4 Å². The second-order valence-corrected chi connectivity index (χ2v) is 6.90. The van der Waals surface area contributed by atoms with Crippen LogP contribution < -0.4 is 10.6 Å². The van der Waals surface area contributed by atoms with Crippen molar-refractivity contribution in [1.29, 1.82) is 0 Å². The lowest BCUT2D eigenvalue weighted by Gasteiger charge is -2.28. The fourth-order valence-corrected chi connectivity index (χ4v) is 3.64. The molecule has 1 unspecified atom stereocenters. The molecule has 112 valence electrons. The molecular formula is C15H24N2O2S. The van der Waals surface area contributed by atoms with Gasteiger partial charge < -0.3 is 15.7 Å². The fourth-order valence-electron chi connectivity index (χ4n) is 2.77. The first-order valence-corrected chi connectivity index (χ1v) is 8.21. The average molecular weight is 296 g/mol. The van der Waals surface area contributed by atoms with E-state index in [1.54, 1.807) is 11.3 Å². The Balaban J connectivity index is 1.71. The first-order valence-electron chi connectivity index (χ1n) is 7.33. The van der Waals surface area contributed by atoms with Gasteiger partial charge in [0.15, 0.2) is 0 Å². The summed E-state index contributed by atoms with van der Waals surface area (Å²) in [6.45, 7) is 2.83. The molecule has 0 bridgehead atoms. The average Bonchev–Trinajstić information content (AvgIpc) is 3.09. The van der Waals surface area contributed by atoms with Gasteiger partial charge in [-0.3, -0.25) is 0 Å². The third-order valence-corrected chi connectivity index (χ3v) is 4.88. The summed E-state index contributed by atoms with van der Waals surface area (Å²) in [5.41, 5.74) is -0.388. The van der Waals surface area contributed by atoms with E-state index in [4.69, 9.17) is 0 Å². The number of rotatable bonds is 6. The first-order chi connectivity index (χ1) is 9.63. The summed E-state index contributed by atoms with van der Waals surface area (Å²) < 4.78 is 0. The Morgan fingerprint density at radius 1 is 1.50 bits per heavy atom. The summed E-state index contributed by atoms with van der Waals surface area (Å²) in [4.78, 5) is 13.3. The molecule has 1 aliphatic carbocycles. The number of urea groups is 1. The standard InChI is InChI=1S/C15H24N2O2S/c1-12(9-13-5-4-8-20-13)10-16-14(19)17-15(11-18)6-2-3-7-15/h4-5,8,12,18H,2-3,6-7,9-11H2,1H3,(H2,16,17,19). The maximum absolute atomic E-state index is 11.9. The van der Waals surface area contributed by atoms with Gasteiger partial charge in [-0.25, -0.2) is 4.79 Å². The Hall–Kier alpha value is -1.07. The number of aliphatic hydroxyl groups excluding tert-OH is 1. The second-order valence-electron chi connectivity index (χ2n) is 5.87. The normalized spacial score (nSPS) is 18.7. The van der Waals surface area contributed by atoms with E-state index < -0.39 is 0 Å². The van der Waals surface area contributed by atoms with Crippen molar-refractivity contribution in [3.8, 4) is 0 Å². The molecule has 1 atom stereocenters. The Morgan fingerprint density at radius 3 is 2.85 bits per heavy atom. The Labute approximate surface area is 124 Å². The van der Waals surface area contributed by atoms with Gasteiger partial charge in [-0.1, -0.05) is 25.8 Å². The molecule has 0 radical (unpaired) electrons. The summed E-state index contributed by atoms with van der Waals surface area (Å²) >= 11 is 1.75. The zero-order valence-corrected chi connectivity index (χ0v) is 12.8. The smallest absolute Gasteiger partial charge is 0.315 e. The Kier molecular flexibility index (Phi) is 5.43. The third kappa shape index (κ3) is 4.21. The molecule has 0 spiro atoms. The van der Waals surface area contributed by atoms with Crippen LogP contribution in [0.1, 0.15) is 37.5 Å². The summed E-state index contributed by atoms with van der Waals surface area (Å²) in [6, 6.07) is 4.03. The number of aliphatic hydroxyl groups is 1. The van der Waals surface area contributed by atoms with E-state index in [0.717, 1.165) is 32.1 Å². The third-order valence-electron chi connectivity index (χ3n) is 3.98. The Morgan fingerprint density at radius 2 is 2.25 bits per heavy atom. The van der Waals surface area contributed by atoms with Gasteiger partial charge in [0.1, 0.15) is 0 Å². The van der Waals surface area contributed by atoms with Gasteiger partial charge in [-0.05, 0) is 36.6 Å². The minimum atomic E-state index is -0.388. The lowest BCUT2D eigenvalue weighted by atomic mass is 9.99. The fraction of sp³-hybridized carbons (Fsp3) is 0.667. The van der Waals surface area contributed by atoms with Crippen LogP contribution in [-0.4, -0.2) is 29.8 Å². The van der Waals surface area contributed by atoms with Gasteiger partial charge in [-0.2, -0.15) is 0 Å². The maximum atomic E-state index is 11.9. The van der Waals surface area contributed by atoms with Crippen molar-refractivity contribution < 1.29 is 9.90 Å².